The van der Waals surface area contributed by atoms with Gasteiger partial charge in [-0.25, -0.2) is 4.79 Å². The van der Waals surface area contributed by atoms with Gasteiger partial charge in [-0.05, 0) is 32.3 Å². The molecule has 1 unspecified atom stereocenters. The van der Waals surface area contributed by atoms with E-state index in [1.165, 1.54) is 0 Å². The monoisotopic (exact) mass is 470 g/mol. The first-order valence-corrected chi connectivity index (χ1v) is 14.9. The summed E-state index contributed by atoms with van der Waals surface area (Å²) < 4.78 is 11.2. The van der Waals surface area contributed by atoms with Crippen LogP contribution in [-0.4, -0.2) is 48.9 Å². The van der Waals surface area contributed by atoms with Crippen molar-refractivity contribution in [2.24, 2.45) is 0 Å². The molecule has 1 atom stereocenters. The van der Waals surface area contributed by atoms with Gasteiger partial charge in [0.1, 0.15) is 0 Å². The highest BCUT2D eigenvalue weighted by Crippen LogP contribution is 2.61. The Morgan fingerprint density at radius 2 is 1.88 bits per heavy atom. The molecule has 1 saturated carbocycles. The van der Waals surface area contributed by atoms with Crippen molar-refractivity contribution in [1.82, 2.24) is 15.1 Å². The molecule has 2 aliphatic rings. The molecular formula is C24H34N4O4Si. The largest absolute Gasteiger partial charge is 0.439 e. The minimum Gasteiger partial charge on any atom is -0.439 e. The van der Waals surface area contributed by atoms with Crippen molar-refractivity contribution in [3.05, 3.63) is 47.2 Å². The molecule has 9 heteroatoms. The molecule has 2 aromatic rings. The van der Waals surface area contributed by atoms with Crippen LogP contribution in [0.4, 0.5) is 10.6 Å². The van der Waals surface area contributed by atoms with Crippen molar-refractivity contribution in [3.8, 4) is 0 Å². The minimum absolute atomic E-state index is 0.0547. The Bertz CT molecular complexity index is 1040. The Hall–Kier alpha value is -2.65. The van der Waals surface area contributed by atoms with E-state index in [1.807, 2.05) is 44.2 Å². The Morgan fingerprint density at radius 3 is 2.45 bits per heavy atom. The molecule has 0 radical (unpaired) electrons. The SMILES string of the molecule is COCC(OC(=O)N1Cc2c(NC(=O)C3([Si](C)(C)C)CC3)n[nH]c2C1(C)C)c1ccccc1. The molecule has 2 heterocycles. The third-order valence-electron chi connectivity index (χ3n) is 7.28. The molecule has 2 amide bonds. The first-order chi connectivity index (χ1) is 15.5. The van der Waals surface area contributed by atoms with Crippen molar-refractivity contribution >= 4 is 25.9 Å². The average Bonchev–Trinajstić information content (AvgIpc) is 3.43. The van der Waals surface area contributed by atoms with E-state index in [0.29, 0.717) is 12.4 Å². The molecule has 4 rings (SSSR count). The summed E-state index contributed by atoms with van der Waals surface area (Å²) >= 11 is 0. The van der Waals surface area contributed by atoms with Crippen LogP contribution >= 0.6 is 0 Å². The number of rotatable bonds is 7. The fourth-order valence-corrected chi connectivity index (χ4v) is 7.15. The number of H-pyrrole nitrogens is 1. The maximum Gasteiger partial charge on any atom is 0.411 e. The number of carbonyl (C=O) groups is 2. The molecule has 1 aromatic carbocycles. The maximum absolute atomic E-state index is 13.3. The number of methoxy groups -OCH3 is 1. The molecule has 8 nitrogen and oxygen atoms in total. The average molecular weight is 471 g/mol. The summed E-state index contributed by atoms with van der Waals surface area (Å²) in [5.74, 6) is 0.568. The summed E-state index contributed by atoms with van der Waals surface area (Å²) in [6.45, 7) is 11.2. The quantitative estimate of drug-likeness (QED) is 0.567. The third-order valence-corrected chi connectivity index (χ3v) is 10.9. The van der Waals surface area contributed by atoms with E-state index < -0.39 is 25.8 Å². The number of amides is 2. The lowest BCUT2D eigenvalue weighted by Gasteiger charge is -2.32. The number of hydrogen-bond donors (Lipinski definition) is 2. The number of nitrogens with one attached hydrogen (secondary N) is 2. The summed E-state index contributed by atoms with van der Waals surface area (Å²) in [5, 5.41) is 10.3. The Balaban J connectivity index is 1.52. The zero-order chi connectivity index (χ0) is 24.0. The van der Waals surface area contributed by atoms with Crippen LogP contribution < -0.4 is 5.32 Å². The van der Waals surface area contributed by atoms with E-state index in [-0.39, 0.29) is 17.6 Å². The standard InChI is InChI=1S/C24H34N4O4Si/c1-23(2)19-17(20(27-26-19)25-21(29)24(12-13-24)33(4,5)6)14-28(23)22(30)32-18(15-31-3)16-10-8-7-9-11-16/h7-11,18H,12-15H2,1-6H3,(H2,25,26,27,29). The molecule has 1 fully saturated rings. The van der Waals surface area contributed by atoms with Crippen LogP contribution in [0.15, 0.2) is 30.3 Å². The molecule has 1 aliphatic carbocycles. The lowest BCUT2D eigenvalue weighted by molar-refractivity contribution is -0.117. The van der Waals surface area contributed by atoms with Crippen molar-refractivity contribution in [3.63, 3.8) is 0 Å². The molecule has 33 heavy (non-hydrogen) atoms. The van der Waals surface area contributed by atoms with Gasteiger partial charge in [-0.15, -0.1) is 0 Å². The Labute approximate surface area is 196 Å². The van der Waals surface area contributed by atoms with Gasteiger partial charge >= 0.3 is 6.09 Å². The predicted molar refractivity (Wildman–Crippen MR) is 129 cm³/mol. The molecule has 0 bridgehead atoms. The van der Waals surface area contributed by atoms with Crippen LogP contribution in [0.3, 0.4) is 0 Å². The van der Waals surface area contributed by atoms with Gasteiger partial charge in [0.2, 0.25) is 5.91 Å². The van der Waals surface area contributed by atoms with E-state index in [0.717, 1.165) is 29.7 Å². The van der Waals surface area contributed by atoms with Crippen LogP contribution in [-0.2, 0) is 26.4 Å². The third kappa shape index (κ3) is 4.08. The van der Waals surface area contributed by atoms with Crippen LogP contribution in [0, 0.1) is 0 Å². The summed E-state index contributed by atoms with van der Waals surface area (Å²) in [4.78, 5) is 28.1. The number of benzene rings is 1. The second-order valence-corrected chi connectivity index (χ2v) is 16.1. The number of carbonyl (C=O) groups excluding carboxylic acids is 2. The van der Waals surface area contributed by atoms with Crippen molar-refractivity contribution in [1.29, 1.82) is 0 Å². The summed E-state index contributed by atoms with van der Waals surface area (Å²) in [5.41, 5.74) is 1.86. The highest BCUT2D eigenvalue weighted by molar-refractivity contribution is 6.83. The van der Waals surface area contributed by atoms with E-state index >= 15 is 0 Å². The fraction of sp³-hybridized carbons (Fsp3) is 0.542. The van der Waals surface area contributed by atoms with Gasteiger partial charge in [0, 0.05) is 17.7 Å². The van der Waals surface area contributed by atoms with Crippen molar-refractivity contribution in [2.45, 2.75) is 69.6 Å². The first-order valence-electron chi connectivity index (χ1n) is 11.4. The van der Waals surface area contributed by atoms with Gasteiger partial charge in [0.05, 0.1) is 32.5 Å². The van der Waals surface area contributed by atoms with Crippen LogP contribution in [0.2, 0.25) is 24.7 Å². The molecule has 1 aliphatic heterocycles. The lowest BCUT2D eigenvalue weighted by atomic mass is 10.0. The number of hydrogen-bond acceptors (Lipinski definition) is 5. The second-order valence-electron chi connectivity index (χ2n) is 10.6. The van der Waals surface area contributed by atoms with Crippen LogP contribution in [0.1, 0.15) is 49.6 Å². The number of nitrogens with zero attached hydrogens (tertiary/aromatic N) is 2. The molecule has 2 N–H and O–H groups in total. The number of aromatic amines is 1. The molecule has 1 aromatic heterocycles. The Morgan fingerprint density at radius 1 is 1.21 bits per heavy atom. The highest BCUT2D eigenvalue weighted by Gasteiger charge is 2.59. The lowest BCUT2D eigenvalue weighted by Crippen LogP contribution is -2.42. The predicted octanol–water partition coefficient (Wildman–Crippen LogP) is 4.80. The molecule has 0 saturated heterocycles. The minimum atomic E-state index is -1.66. The van der Waals surface area contributed by atoms with Gasteiger partial charge in [-0.2, -0.15) is 5.10 Å². The number of fused-ring (bicyclic) bond motifs is 1. The van der Waals surface area contributed by atoms with Crippen molar-refractivity contribution in [2.75, 3.05) is 19.0 Å². The van der Waals surface area contributed by atoms with Crippen molar-refractivity contribution < 1.29 is 19.1 Å². The molecule has 178 valence electrons. The number of ether oxygens (including phenoxy) is 2. The van der Waals surface area contributed by atoms with Gasteiger partial charge in [0.25, 0.3) is 0 Å². The van der Waals surface area contributed by atoms with E-state index in [1.54, 1.807) is 12.0 Å². The van der Waals surface area contributed by atoms with Gasteiger partial charge in [0.15, 0.2) is 11.9 Å². The molecule has 0 spiro atoms. The summed E-state index contributed by atoms with van der Waals surface area (Å²) in [6, 6.07) is 9.56. The zero-order valence-electron chi connectivity index (χ0n) is 20.3. The van der Waals surface area contributed by atoms with E-state index in [9.17, 15) is 9.59 Å². The van der Waals surface area contributed by atoms with E-state index in [4.69, 9.17) is 9.47 Å². The summed E-state index contributed by atoms with van der Waals surface area (Å²) in [6.07, 6.45) is 0.924. The zero-order valence-corrected chi connectivity index (χ0v) is 21.3. The van der Waals surface area contributed by atoms with Gasteiger partial charge in [-0.1, -0.05) is 50.0 Å². The maximum atomic E-state index is 13.3. The second kappa shape index (κ2) is 8.29. The Kier molecular flexibility index (Phi) is 5.90. The first kappa shape index (κ1) is 23.5. The van der Waals surface area contributed by atoms with Gasteiger partial charge in [-0.3, -0.25) is 14.8 Å². The number of aromatic nitrogens is 2. The molecular weight excluding hydrogens is 436 g/mol. The normalized spacial score (nSPS) is 19.0. The topological polar surface area (TPSA) is 96.6 Å². The van der Waals surface area contributed by atoms with Crippen LogP contribution in [0.5, 0.6) is 0 Å². The van der Waals surface area contributed by atoms with Gasteiger partial charge < -0.3 is 14.8 Å². The van der Waals surface area contributed by atoms with Crippen LogP contribution in [0.25, 0.3) is 0 Å². The van der Waals surface area contributed by atoms with E-state index in [2.05, 4.69) is 35.2 Å². The fourth-order valence-electron chi connectivity index (χ4n) is 4.78. The smallest absolute Gasteiger partial charge is 0.411 e. The highest BCUT2D eigenvalue weighted by atomic mass is 28.3. The summed E-state index contributed by atoms with van der Waals surface area (Å²) in [7, 11) is -0.0752. The number of anilines is 1.